The summed E-state index contributed by atoms with van der Waals surface area (Å²) in [6.07, 6.45) is 6.60. The van der Waals surface area contributed by atoms with Crippen molar-refractivity contribution in [2.24, 2.45) is 7.05 Å². The number of aromatic nitrogens is 7. The predicted molar refractivity (Wildman–Crippen MR) is 150 cm³/mol. The zero-order chi connectivity index (χ0) is 27.8. The Bertz CT molecular complexity index is 2030. The maximum Gasteiger partial charge on any atom is 0.267 e. The topological polar surface area (TPSA) is 112 Å². The van der Waals surface area contributed by atoms with Crippen LogP contribution < -0.4 is 10.9 Å². The van der Waals surface area contributed by atoms with E-state index in [1.807, 2.05) is 62.6 Å². The Hall–Kier alpha value is -5.56. The normalized spacial score (nSPS) is 11.8. The molecular formula is C30H24N8O2. The second-order valence-electron chi connectivity index (χ2n) is 9.37. The summed E-state index contributed by atoms with van der Waals surface area (Å²) >= 11 is 0. The highest BCUT2D eigenvalue weighted by Gasteiger charge is 2.23. The second kappa shape index (κ2) is 9.96. The molecule has 4 aromatic heterocycles. The van der Waals surface area contributed by atoms with Gasteiger partial charge in [0.05, 0.1) is 40.6 Å². The van der Waals surface area contributed by atoms with E-state index in [2.05, 4.69) is 32.3 Å². The van der Waals surface area contributed by atoms with Crippen molar-refractivity contribution in [2.45, 2.75) is 19.9 Å². The van der Waals surface area contributed by atoms with Crippen molar-refractivity contribution in [1.29, 1.82) is 0 Å². The van der Waals surface area contributed by atoms with Gasteiger partial charge in [-0.15, -0.1) is 0 Å². The van der Waals surface area contributed by atoms with E-state index >= 15 is 0 Å². The molecule has 0 saturated carbocycles. The van der Waals surface area contributed by atoms with E-state index in [1.54, 1.807) is 40.6 Å². The highest BCUT2D eigenvalue weighted by molar-refractivity contribution is 5.99. The zero-order valence-corrected chi connectivity index (χ0v) is 22.0. The number of nitrogens with one attached hydrogen (secondary N) is 1. The number of fused-ring (bicyclic) bond motifs is 2. The van der Waals surface area contributed by atoms with E-state index < -0.39 is 6.04 Å². The molecule has 0 bridgehead atoms. The van der Waals surface area contributed by atoms with Crippen molar-refractivity contribution in [2.75, 3.05) is 0 Å². The lowest BCUT2D eigenvalue weighted by atomic mass is 10.1. The number of hydrogen-bond acceptors (Lipinski definition) is 6. The summed E-state index contributed by atoms with van der Waals surface area (Å²) in [7, 11) is 1.82. The minimum Gasteiger partial charge on any atom is -0.342 e. The SMILES string of the molecule is Cc1ccnc2c(C(=O)N[C@H](C)c3nc4cccc(C#Cc5cnn(C)c5)c4c(=O)n3-c3ccccc3)cnn12. The first kappa shape index (κ1) is 24.8. The number of aryl methyl sites for hydroxylation is 2. The summed E-state index contributed by atoms with van der Waals surface area (Å²) in [4.78, 5) is 36.7. The fourth-order valence-corrected chi connectivity index (χ4v) is 4.60. The standard InChI is InChI=1S/C30H24N8O2/c1-19-14-15-31-28-24(17-33-38(19)28)29(39)34-20(2)27-35-25-11-7-8-22(13-12-21-16-32-36(3)18-21)26(25)30(40)37(27)23-9-5-4-6-10-23/h4-11,14-18,20H,1-3H3,(H,34,39)/t20-/m1/s1. The molecule has 0 aliphatic heterocycles. The van der Waals surface area contributed by atoms with Crippen LogP contribution in [0, 0.1) is 18.8 Å². The van der Waals surface area contributed by atoms with Crippen molar-refractivity contribution in [1.82, 2.24) is 39.2 Å². The molecule has 0 radical (unpaired) electrons. The van der Waals surface area contributed by atoms with Crippen molar-refractivity contribution < 1.29 is 4.79 Å². The summed E-state index contributed by atoms with van der Waals surface area (Å²) in [5, 5.41) is 11.8. The summed E-state index contributed by atoms with van der Waals surface area (Å²) in [5.41, 5.74) is 3.76. The third-order valence-corrected chi connectivity index (χ3v) is 6.55. The van der Waals surface area contributed by atoms with Gasteiger partial charge in [-0.3, -0.25) is 18.8 Å². The molecule has 6 aromatic rings. The summed E-state index contributed by atoms with van der Waals surface area (Å²) in [6.45, 7) is 3.68. The van der Waals surface area contributed by atoms with Gasteiger partial charge in [-0.05, 0) is 44.2 Å². The molecule has 196 valence electrons. The minimum atomic E-state index is -0.630. The van der Waals surface area contributed by atoms with Gasteiger partial charge in [0.15, 0.2) is 5.65 Å². The largest absolute Gasteiger partial charge is 0.342 e. The smallest absolute Gasteiger partial charge is 0.267 e. The minimum absolute atomic E-state index is 0.281. The summed E-state index contributed by atoms with van der Waals surface area (Å²) in [6, 6.07) is 15.8. The van der Waals surface area contributed by atoms with Gasteiger partial charge in [0.25, 0.3) is 11.5 Å². The maximum atomic E-state index is 14.1. The quantitative estimate of drug-likeness (QED) is 0.351. The van der Waals surface area contributed by atoms with Gasteiger partial charge in [0, 0.05) is 30.7 Å². The van der Waals surface area contributed by atoms with Crippen LogP contribution in [0.1, 0.15) is 46.0 Å². The monoisotopic (exact) mass is 528 g/mol. The second-order valence-corrected chi connectivity index (χ2v) is 9.37. The number of amides is 1. The van der Waals surface area contributed by atoms with E-state index in [9.17, 15) is 9.59 Å². The van der Waals surface area contributed by atoms with Crippen LogP contribution in [0.15, 0.2) is 84.2 Å². The number of rotatable bonds is 4. The van der Waals surface area contributed by atoms with Gasteiger partial charge in [-0.2, -0.15) is 10.2 Å². The highest BCUT2D eigenvalue weighted by atomic mass is 16.2. The van der Waals surface area contributed by atoms with Crippen LogP contribution in [0.4, 0.5) is 0 Å². The lowest BCUT2D eigenvalue weighted by Gasteiger charge is -2.20. The van der Waals surface area contributed by atoms with Gasteiger partial charge in [0.1, 0.15) is 11.4 Å². The molecule has 0 fully saturated rings. The average molecular weight is 529 g/mol. The van der Waals surface area contributed by atoms with Crippen LogP contribution in [0.5, 0.6) is 0 Å². The molecule has 0 unspecified atom stereocenters. The third-order valence-electron chi connectivity index (χ3n) is 6.55. The number of carbonyl (C=O) groups excluding carboxylic acids is 1. The van der Waals surface area contributed by atoms with E-state index in [0.29, 0.717) is 39.2 Å². The Balaban J connectivity index is 1.46. The van der Waals surface area contributed by atoms with Crippen LogP contribution in [-0.2, 0) is 7.05 Å². The molecule has 0 aliphatic rings. The molecule has 1 amide bonds. The Morgan fingerprint density at radius 3 is 2.60 bits per heavy atom. The van der Waals surface area contributed by atoms with Crippen LogP contribution in [0.25, 0.3) is 22.2 Å². The van der Waals surface area contributed by atoms with Crippen LogP contribution in [0.3, 0.4) is 0 Å². The molecular weight excluding hydrogens is 504 g/mol. The number of benzene rings is 2. The van der Waals surface area contributed by atoms with E-state index in [-0.39, 0.29) is 11.5 Å². The molecule has 0 spiro atoms. The summed E-state index contributed by atoms with van der Waals surface area (Å²) in [5.74, 6) is 6.21. The fraction of sp³-hybridized carbons (Fsp3) is 0.133. The zero-order valence-electron chi connectivity index (χ0n) is 22.0. The van der Waals surface area contributed by atoms with Gasteiger partial charge in [-0.25, -0.2) is 14.5 Å². The highest BCUT2D eigenvalue weighted by Crippen LogP contribution is 2.21. The predicted octanol–water partition coefficient (Wildman–Crippen LogP) is 3.36. The molecule has 1 atom stereocenters. The third kappa shape index (κ3) is 4.39. The molecule has 40 heavy (non-hydrogen) atoms. The Labute approximate surface area is 228 Å². The van der Waals surface area contributed by atoms with Gasteiger partial charge in [0.2, 0.25) is 0 Å². The number of carbonyl (C=O) groups is 1. The van der Waals surface area contributed by atoms with E-state index in [4.69, 9.17) is 4.98 Å². The van der Waals surface area contributed by atoms with E-state index in [0.717, 1.165) is 11.3 Å². The van der Waals surface area contributed by atoms with Crippen molar-refractivity contribution in [3.8, 4) is 17.5 Å². The molecule has 0 aliphatic carbocycles. The maximum absolute atomic E-state index is 14.1. The van der Waals surface area contributed by atoms with Crippen molar-refractivity contribution in [3.05, 3.63) is 118 Å². The number of para-hydroxylation sites is 1. The van der Waals surface area contributed by atoms with Gasteiger partial charge >= 0.3 is 0 Å². The Morgan fingerprint density at radius 2 is 1.82 bits per heavy atom. The molecule has 10 heteroatoms. The Kier molecular flexibility index (Phi) is 6.16. The fourth-order valence-electron chi connectivity index (χ4n) is 4.60. The average Bonchev–Trinajstić information content (AvgIpc) is 3.59. The molecule has 4 heterocycles. The first-order valence-electron chi connectivity index (χ1n) is 12.6. The van der Waals surface area contributed by atoms with Gasteiger partial charge in [-0.1, -0.05) is 36.1 Å². The van der Waals surface area contributed by atoms with Crippen LogP contribution in [-0.4, -0.2) is 39.8 Å². The molecule has 2 aromatic carbocycles. The first-order chi connectivity index (χ1) is 19.4. The van der Waals surface area contributed by atoms with Crippen LogP contribution in [0.2, 0.25) is 0 Å². The lowest BCUT2D eigenvalue weighted by Crippen LogP contribution is -2.33. The first-order valence-corrected chi connectivity index (χ1v) is 12.6. The Morgan fingerprint density at radius 1 is 1.00 bits per heavy atom. The molecule has 10 nitrogen and oxygen atoms in total. The van der Waals surface area contributed by atoms with Crippen LogP contribution >= 0.6 is 0 Å². The van der Waals surface area contributed by atoms with Crippen molar-refractivity contribution in [3.63, 3.8) is 0 Å². The lowest BCUT2D eigenvalue weighted by molar-refractivity contribution is 0.0939. The molecule has 1 N–H and O–H groups in total. The van der Waals surface area contributed by atoms with Crippen molar-refractivity contribution >= 4 is 22.5 Å². The van der Waals surface area contributed by atoms with Gasteiger partial charge < -0.3 is 5.32 Å². The molecule has 6 rings (SSSR count). The molecule has 0 saturated heterocycles. The number of nitrogens with zero attached hydrogens (tertiary/aromatic N) is 7. The van der Waals surface area contributed by atoms with E-state index in [1.165, 1.54) is 10.8 Å². The number of hydrogen-bond donors (Lipinski definition) is 1. The summed E-state index contributed by atoms with van der Waals surface area (Å²) < 4.78 is 4.81.